The highest BCUT2D eigenvalue weighted by Crippen LogP contribution is 2.59. The summed E-state index contributed by atoms with van der Waals surface area (Å²) in [7, 11) is 0. The van der Waals surface area contributed by atoms with Crippen LogP contribution in [0.3, 0.4) is 0 Å². The number of nitrogens with one attached hydrogen (secondary N) is 4. The molecule has 16 nitrogen and oxygen atoms in total. The molecular weight excluding hydrogens is 1160 g/mol. The molecule has 0 radical (unpaired) electrons. The first-order valence-corrected chi connectivity index (χ1v) is 34.4. The standard InChI is InChI=1S/2C38H55N3O5/c1-24-34-30-22-27(21-29(30)31(43)11-9-17-38(5,6)7)35(34)36(41-40-24)26-14-12-25(13-15-26)20-32(44)39-18-19-46-33(45)23-28(42)10-8-16-37(2,3)4;1-24-34-27-21-29(31(43)11-9-17-38(5,6)7)30(22-27)35(34)36(41-40-24)26-14-12-25(13-15-26)20-32(44)39-18-19-46-33(45)23-28(42)10-8-16-37(2,3)4/h2*12-15,27,29-30,35,40H,8-11,16-23H2,1-7H3,(H,39,44). The summed E-state index contributed by atoms with van der Waals surface area (Å²) < 4.78 is 10.3. The van der Waals surface area contributed by atoms with Gasteiger partial charge in [0.2, 0.25) is 11.8 Å². The van der Waals surface area contributed by atoms with Gasteiger partial charge < -0.3 is 20.1 Å². The molecule has 8 atom stereocenters. The Morgan fingerprint density at radius 1 is 0.489 bits per heavy atom. The van der Waals surface area contributed by atoms with Crippen molar-refractivity contribution in [1.29, 1.82) is 0 Å². The van der Waals surface area contributed by atoms with Crippen LogP contribution in [0, 0.1) is 69.0 Å². The van der Waals surface area contributed by atoms with E-state index in [4.69, 9.17) is 19.7 Å². The van der Waals surface area contributed by atoms with Crippen molar-refractivity contribution >= 4 is 58.3 Å². The lowest BCUT2D eigenvalue weighted by Crippen LogP contribution is -2.37. The molecule has 2 aliphatic heterocycles. The first-order valence-electron chi connectivity index (χ1n) is 34.4. The van der Waals surface area contributed by atoms with Gasteiger partial charge in [0.1, 0.15) is 49.2 Å². The lowest BCUT2D eigenvalue weighted by molar-refractivity contribution is -0.147. The minimum absolute atomic E-state index is 0.0323. The molecule has 4 saturated carbocycles. The molecule has 4 aliphatic carbocycles. The Balaban J connectivity index is 0.000000261. The summed E-state index contributed by atoms with van der Waals surface area (Å²) in [6, 6.07) is 15.9. The number of nitrogens with zero attached hydrogens (tertiary/aromatic N) is 2. The molecule has 0 saturated heterocycles. The molecule has 4 fully saturated rings. The first-order chi connectivity index (χ1) is 43.2. The van der Waals surface area contributed by atoms with E-state index < -0.39 is 11.9 Å². The predicted octanol–water partition coefficient (Wildman–Crippen LogP) is 13.4. The van der Waals surface area contributed by atoms with Crippen LogP contribution in [-0.2, 0) is 60.7 Å². The van der Waals surface area contributed by atoms with Gasteiger partial charge in [-0.15, -0.1) is 0 Å². The summed E-state index contributed by atoms with van der Waals surface area (Å²) in [6.07, 6.45) is 13.5. The lowest BCUT2D eigenvalue weighted by Gasteiger charge is -2.35. The van der Waals surface area contributed by atoms with Crippen LogP contribution in [0.4, 0.5) is 0 Å². The van der Waals surface area contributed by atoms with E-state index in [1.165, 1.54) is 11.1 Å². The molecule has 4 N–H and O–H groups in total. The molecule has 6 aliphatic rings. The lowest BCUT2D eigenvalue weighted by atomic mass is 9.70. The smallest absolute Gasteiger partial charge is 0.313 e. The van der Waals surface area contributed by atoms with Gasteiger partial charge in [-0.2, -0.15) is 10.2 Å². The topological polar surface area (TPSA) is 228 Å². The minimum atomic E-state index is -0.550. The van der Waals surface area contributed by atoms with Gasteiger partial charge in [0.05, 0.1) is 37.4 Å². The third-order valence-corrected chi connectivity index (χ3v) is 19.3. The fourth-order valence-electron chi connectivity index (χ4n) is 14.9. The Hall–Kier alpha value is -6.58. The Bertz CT molecular complexity index is 3110. The highest BCUT2D eigenvalue weighted by Gasteiger charge is 2.56. The fourth-order valence-corrected chi connectivity index (χ4v) is 14.9. The van der Waals surface area contributed by atoms with Gasteiger partial charge in [-0.25, -0.2) is 0 Å². The van der Waals surface area contributed by atoms with Crippen LogP contribution in [0.1, 0.15) is 235 Å². The fraction of sp³-hybridized carbons (Fsp3) is 0.658. The third kappa shape index (κ3) is 21.7. The molecule has 16 heteroatoms. The van der Waals surface area contributed by atoms with Crippen molar-refractivity contribution < 1.29 is 47.8 Å². The monoisotopic (exact) mass is 1270 g/mol. The number of ether oxygens (including phenoxy) is 2. The van der Waals surface area contributed by atoms with E-state index >= 15 is 0 Å². The van der Waals surface area contributed by atoms with Crippen LogP contribution >= 0.6 is 0 Å². The molecule has 0 spiro atoms. The number of allylic oxidation sites excluding steroid dienone is 4. The Labute approximate surface area is 549 Å². The van der Waals surface area contributed by atoms with Gasteiger partial charge >= 0.3 is 11.9 Å². The zero-order chi connectivity index (χ0) is 67.3. The van der Waals surface area contributed by atoms with Crippen molar-refractivity contribution in [2.45, 2.75) is 225 Å². The summed E-state index contributed by atoms with van der Waals surface area (Å²) in [5, 5.41) is 15.1. The summed E-state index contributed by atoms with van der Waals surface area (Å²) >= 11 is 0. The van der Waals surface area contributed by atoms with Crippen LogP contribution in [0.25, 0.3) is 0 Å². The molecule has 8 rings (SSSR count). The number of ketones is 4. The number of benzene rings is 2. The number of Topliss-reactive ketones (excluding diaryl/α,β-unsaturated/α-hetero) is 4. The molecule has 2 aromatic carbocycles. The maximum absolute atomic E-state index is 13.4. The second-order valence-electron chi connectivity index (χ2n) is 32.1. The maximum atomic E-state index is 13.4. The highest BCUT2D eigenvalue weighted by molar-refractivity contribution is 6.06. The van der Waals surface area contributed by atoms with Crippen molar-refractivity contribution in [2.24, 2.45) is 79.2 Å². The minimum Gasteiger partial charge on any atom is -0.463 e. The van der Waals surface area contributed by atoms with E-state index in [0.29, 0.717) is 60.9 Å². The van der Waals surface area contributed by atoms with Gasteiger partial charge in [0.25, 0.3) is 0 Å². The summed E-state index contributed by atoms with van der Waals surface area (Å²) in [5.41, 5.74) is 18.1. The molecule has 0 aromatic heterocycles. The summed E-state index contributed by atoms with van der Waals surface area (Å²) in [4.78, 5) is 99.6. The number of hydrogen-bond acceptors (Lipinski definition) is 14. The van der Waals surface area contributed by atoms with E-state index in [-0.39, 0.29) is 121 Å². The Morgan fingerprint density at radius 2 is 0.891 bits per heavy atom. The van der Waals surface area contributed by atoms with E-state index in [0.717, 1.165) is 122 Å². The Morgan fingerprint density at radius 3 is 1.33 bits per heavy atom. The molecule has 4 bridgehead atoms. The largest absolute Gasteiger partial charge is 0.463 e. The average molecular weight is 1270 g/mol. The number of fused-ring (bicyclic) bond motifs is 10. The van der Waals surface area contributed by atoms with Crippen molar-refractivity contribution in [3.63, 3.8) is 0 Å². The SMILES string of the molecule is CC1=C2C3CC(C(=O)CCCC(C)(C)C)C(C3)C2C(c2ccc(CC(=O)NCCOC(=O)CC(=O)CCCC(C)(C)C)cc2)=NN1.CC1=C2C3CC(CC3C(=O)CCCC(C)(C)C)C2C(c2ccc(CC(=O)NCCOC(=O)CC(=O)CCCC(C)(C)C)cc2)=NN1. The van der Waals surface area contributed by atoms with Gasteiger partial charge in [0, 0.05) is 60.7 Å². The number of rotatable bonds is 30. The zero-order valence-electron chi connectivity index (χ0n) is 58.2. The number of carbonyl (C=O) groups excluding carboxylic acids is 8. The molecule has 504 valence electrons. The second kappa shape index (κ2) is 32.0. The van der Waals surface area contributed by atoms with Crippen LogP contribution in [0.5, 0.6) is 0 Å². The van der Waals surface area contributed by atoms with Crippen LogP contribution in [-0.4, -0.2) is 84.6 Å². The van der Waals surface area contributed by atoms with Crippen molar-refractivity contribution in [2.75, 3.05) is 26.3 Å². The molecule has 2 aromatic rings. The summed E-state index contributed by atoms with van der Waals surface area (Å²) in [6.45, 7) is 30.8. The van der Waals surface area contributed by atoms with Gasteiger partial charge in [-0.3, -0.25) is 49.2 Å². The van der Waals surface area contributed by atoms with Crippen LogP contribution in [0.15, 0.2) is 81.3 Å². The molecule has 2 amide bonds. The molecule has 92 heavy (non-hydrogen) atoms. The highest BCUT2D eigenvalue weighted by atomic mass is 16.5. The van der Waals surface area contributed by atoms with E-state index in [2.05, 4.69) is 118 Å². The molecular formula is C76H110N6O10. The maximum Gasteiger partial charge on any atom is 0.313 e. The Kier molecular flexibility index (Phi) is 25.4. The normalized spacial score (nSPS) is 22.2. The number of hydrazone groups is 2. The number of amides is 2. The first kappa shape index (κ1) is 72.8. The van der Waals surface area contributed by atoms with Gasteiger partial charge in [0.15, 0.2) is 0 Å². The molecule has 2 heterocycles. The number of carbonyl (C=O) groups is 8. The van der Waals surface area contributed by atoms with Gasteiger partial charge in [-0.05, 0) is 170 Å². The van der Waals surface area contributed by atoms with Crippen molar-refractivity contribution in [1.82, 2.24) is 21.5 Å². The van der Waals surface area contributed by atoms with Crippen molar-refractivity contribution in [3.05, 3.63) is 93.3 Å². The van der Waals surface area contributed by atoms with E-state index in [1.54, 1.807) is 0 Å². The van der Waals surface area contributed by atoms with E-state index in [9.17, 15) is 38.4 Å². The van der Waals surface area contributed by atoms with Gasteiger partial charge in [-0.1, -0.05) is 132 Å². The number of hydrogen-bond donors (Lipinski definition) is 4. The third-order valence-electron chi connectivity index (χ3n) is 19.3. The summed E-state index contributed by atoms with van der Waals surface area (Å²) in [5.74, 6) is 1.29. The zero-order valence-corrected chi connectivity index (χ0v) is 58.2. The van der Waals surface area contributed by atoms with Crippen LogP contribution < -0.4 is 21.5 Å². The predicted molar refractivity (Wildman–Crippen MR) is 362 cm³/mol. The quantitative estimate of drug-likeness (QED) is 0.0325. The molecule has 8 unspecified atom stereocenters. The van der Waals surface area contributed by atoms with Crippen molar-refractivity contribution in [3.8, 4) is 0 Å². The second-order valence-corrected chi connectivity index (χ2v) is 32.1. The van der Waals surface area contributed by atoms with E-state index in [1.807, 2.05) is 48.5 Å². The van der Waals surface area contributed by atoms with Crippen LogP contribution in [0.2, 0.25) is 0 Å². The average Bonchev–Trinajstić information content (AvgIpc) is 1.56. The number of esters is 2.